The van der Waals surface area contributed by atoms with Gasteiger partial charge in [-0.05, 0) is 0 Å². The predicted octanol–water partition coefficient (Wildman–Crippen LogP) is -0.319. The van der Waals surface area contributed by atoms with Crippen LogP contribution in [0.3, 0.4) is 0 Å². The van der Waals surface area contributed by atoms with Crippen LogP contribution in [0, 0.1) is 0 Å². The normalized spacial score (nSPS) is 11.0. The second kappa shape index (κ2) is 7.74. The Bertz CT molecular complexity index is 402. The van der Waals surface area contributed by atoms with Crippen molar-refractivity contribution in [1.82, 2.24) is 0 Å². The van der Waals surface area contributed by atoms with Gasteiger partial charge in [-0.2, -0.15) is 0 Å². The summed E-state index contributed by atoms with van der Waals surface area (Å²) in [7, 11) is 0. The standard InChI is InChI=1S/C16H19ISi/c1-2-3-14-17-18(15-10-6-4-7-11-15)16-12-8-5-9-13-16/h4-13H,2-3,14H2,1H3/q-1. The number of alkyl halides is 1. The van der Waals surface area contributed by atoms with Gasteiger partial charge in [0.25, 0.3) is 0 Å². The molecular weight excluding hydrogens is 347 g/mol. The topological polar surface area (TPSA) is 0 Å². The molecule has 0 amide bonds. The van der Waals surface area contributed by atoms with E-state index in [1.165, 1.54) is 17.3 Å². The van der Waals surface area contributed by atoms with Crippen molar-refractivity contribution in [3.05, 3.63) is 60.7 Å². The number of unbranched alkanes of at least 4 members (excludes halogenated alkanes) is 1. The van der Waals surface area contributed by atoms with Crippen LogP contribution in [-0.4, -0.2) is 10.7 Å². The van der Waals surface area contributed by atoms with Crippen molar-refractivity contribution in [1.29, 1.82) is 0 Å². The minimum atomic E-state index is -0.462. The van der Waals surface area contributed by atoms with Gasteiger partial charge in [0.05, 0.1) is 0 Å². The first-order valence-corrected chi connectivity index (χ1v) is 12.6. The van der Waals surface area contributed by atoms with Gasteiger partial charge < -0.3 is 0 Å². The second-order valence-corrected chi connectivity index (χ2v) is 12.9. The summed E-state index contributed by atoms with van der Waals surface area (Å²) in [5.74, 6) is 0. The Morgan fingerprint density at radius 1 is 0.833 bits per heavy atom. The fourth-order valence-electron chi connectivity index (χ4n) is 1.78. The molecule has 2 aromatic rings. The molecule has 0 N–H and O–H groups in total. The van der Waals surface area contributed by atoms with E-state index in [1.807, 2.05) is 0 Å². The van der Waals surface area contributed by atoms with Crippen LogP contribution in [-0.2, 0) is 0 Å². The van der Waals surface area contributed by atoms with Gasteiger partial charge in [0.1, 0.15) is 0 Å². The molecule has 2 heteroatoms. The summed E-state index contributed by atoms with van der Waals surface area (Å²) in [5, 5.41) is 3.19. The Kier molecular flexibility index (Phi) is 5.94. The molecule has 0 fully saturated rings. The molecule has 0 saturated heterocycles. The van der Waals surface area contributed by atoms with Gasteiger partial charge in [-0.15, -0.1) is 0 Å². The van der Waals surface area contributed by atoms with Crippen molar-refractivity contribution >= 4 is 16.7 Å². The van der Waals surface area contributed by atoms with E-state index in [0.29, 0.717) is 20.4 Å². The van der Waals surface area contributed by atoms with E-state index in [4.69, 9.17) is 0 Å². The van der Waals surface area contributed by atoms with E-state index in [9.17, 15) is 0 Å². The third kappa shape index (κ3) is 3.95. The molecule has 0 unspecified atom stereocenters. The fraction of sp³-hybridized carbons (Fsp3) is 0.250. The van der Waals surface area contributed by atoms with Crippen molar-refractivity contribution in [2.24, 2.45) is 0 Å². The molecule has 2 aromatic carbocycles. The molecule has 0 saturated carbocycles. The van der Waals surface area contributed by atoms with Crippen molar-refractivity contribution in [3.8, 4) is 0 Å². The molecule has 0 aromatic heterocycles. The SMILES string of the molecule is CCCC[I-][Si](c1ccccc1)c1ccccc1. The van der Waals surface area contributed by atoms with Gasteiger partial charge in [0.15, 0.2) is 0 Å². The summed E-state index contributed by atoms with van der Waals surface area (Å²) < 4.78 is 1.47. The Hall–Kier alpha value is -0.613. The van der Waals surface area contributed by atoms with Gasteiger partial charge in [0.2, 0.25) is 0 Å². The molecular formula is C16H19ISi-. The van der Waals surface area contributed by atoms with E-state index in [-0.39, 0.29) is 0 Å². The van der Waals surface area contributed by atoms with Crippen LogP contribution in [0.2, 0.25) is 0 Å². The van der Waals surface area contributed by atoms with Gasteiger partial charge >= 0.3 is 122 Å². The number of halogens is 1. The van der Waals surface area contributed by atoms with Crippen LogP contribution in [0.15, 0.2) is 60.7 Å². The van der Waals surface area contributed by atoms with Crippen LogP contribution in [0.5, 0.6) is 0 Å². The zero-order valence-electron chi connectivity index (χ0n) is 10.8. The molecule has 95 valence electrons. The fourth-order valence-corrected chi connectivity index (χ4v) is 12.0. The maximum atomic E-state index is 2.33. The number of hydrogen-bond acceptors (Lipinski definition) is 0. The Labute approximate surface area is 121 Å². The van der Waals surface area contributed by atoms with E-state index in [0.717, 1.165) is 0 Å². The average Bonchev–Trinajstić information content (AvgIpc) is 2.46. The molecule has 0 atom stereocenters. The van der Waals surface area contributed by atoms with Crippen LogP contribution in [0.25, 0.3) is 0 Å². The Morgan fingerprint density at radius 2 is 1.33 bits per heavy atom. The molecule has 0 aliphatic carbocycles. The van der Waals surface area contributed by atoms with Crippen LogP contribution in [0.4, 0.5) is 0 Å². The summed E-state index contributed by atoms with van der Waals surface area (Å²) in [6.45, 7) is 2.29. The Balaban J connectivity index is 2.18. The molecule has 0 bridgehead atoms. The van der Waals surface area contributed by atoms with E-state index in [1.54, 1.807) is 10.4 Å². The summed E-state index contributed by atoms with van der Waals surface area (Å²) in [4.78, 5) is 0. The number of hydrogen-bond donors (Lipinski definition) is 0. The molecule has 0 aliphatic heterocycles. The van der Waals surface area contributed by atoms with Crippen LogP contribution in [0.1, 0.15) is 19.8 Å². The first kappa shape index (κ1) is 13.8. The predicted molar refractivity (Wildman–Crippen MR) is 77.7 cm³/mol. The van der Waals surface area contributed by atoms with E-state index < -0.39 is 6.29 Å². The van der Waals surface area contributed by atoms with Crippen molar-refractivity contribution < 1.29 is 20.4 Å². The molecule has 0 spiro atoms. The monoisotopic (exact) mass is 366 g/mol. The summed E-state index contributed by atoms with van der Waals surface area (Å²) in [6, 6.07) is 22.3. The quantitative estimate of drug-likeness (QED) is 0.216. The van der Waals surface area contributed by atoms with Crippen molar-refractivity contribution in [2.75, 3.05) is 4.43 Å². The third-order valence-corrected chi connectivity index (χ3v) is 13.3. The molecule has 1 radical (unpaired) electrons. The third-order valence-electron chi connectivity index (χ3n) is 2.77. The van der Waals surface area contributed by atoms with Crippen molar-refractivity contribution in [3.63, 3.8) is 0 Å². The molecule has 2 rings (SSSR count). The number of benzene rings is 2. The first-order valence-electron chi connectivity index (χ1n) is 6.48. The van der Waals surface area contributed by atoms with Crippen LogP contribution < -0.4 is 30.8 Å². The average molecular weight is 366 g/mol. The van der Waals surface area contributed by atoms with Gasteiger partial charge in [-0.3, -0.25) is 0 Å². The van der Waals surface area contributed by atoms with Crippen LogP contribution >= 0.6 is 0 Å². The second-order valence-electron chi connectivity index (χ2n) is 4.22. The zero-order chi connectivity index (χ0) is 12.6. The summed E-state index contributed by atoms with van der Waals surface area (Å²) in [6.07, 6.45) is 2.27. The first-order chi connectivity index (χ1) is 8.92. The zero-order valence-corrected chi connectivity index (χ0v) is 13.9. The van der Waals surface area contributed by atoms with Gasteiger partial charge in [-0.25, -0.2) is 0 Å². The molecule has 0 heterocycles. The summed E-state index contributed by atoms with van der Waals surface area (Å²) in [5.41, 5.74) is 0. The van der Waals surface area contributed by atoms with Gasteiger partial charge in [0, 0.05) is 0 Å². The molecule has 0 aliphatic rings. The van der Waals surface area contributed by atoms with E-state index >= 15 is 0 Å². The summed E-state index contributed by atoms with van der Waals surface area (Å²) >= 11 is 0.297. The molecule has 0 nitrogen and oxygen atoms in total. The van der Waals surface area contributed by atoms with Crippen molar-refractivity contribution in [2.45, 2.75) is 19.8 Å². The maximum absolute atomic E-state index is 2.33. The van der Waals surface area contributed by atoms with Gasteiger partial charge in [-0.1, -0.05) is 0 Å². The molecule has 18 heavy (non-hydrogen) atoms. The minimum absolute atomic E-state index is 0.297. The number of rotatable bonds is 6. The Morgan fingerprint density at radius 3 is 1.78 bits per heavy atom. The van der Waals surface area contributed by atoms with E-state index in [2.05, 4.69) is 67.6 Å².